The van der Waals surface area contributed by atoms with Gasteiger partial charge >= 0.3 is 5.97 Å². The van der Waals surface area contributed by atoms with E-state index in [1.165, 1.54) is 12.7 Å². The van der Waals surface area contributed by atoms with E-state index in [1.807, 2.05) is 24.5 Å². The molecule has 1 aliphatic carbocycles. The van der Waals surface area contributed by atoms with Crippen molar-refractivity contribution in [3.8, 4) is 0 Å². The minimum atomic E-state index is -0.904. The number of benzene rings is 1. The van der Waals surface area contributed by atoms with Crippen molar-refractivity contribution in [1.29, 1.82) is 0 Å². The fourth-order valence-corrected chi connectivity index (χ4v) is 5.97. The van der Waals surface area contributed by atoms with Crippen molar-refractivity contribution in [3.05, 3.63) is 79.0 Å². The molecular weight excluding hydrogens is 445 g/mol. The highest BCUT2D eigenvalue weighted by Crippen LogP contribution is 2.44. The first-order chi connectivity index (χ1) is 16.9. The minimum Gasteiger partial charge on any atom is -0.463 e. The molecule has 5 rings (SSSR count). The maximum Gasteiger partial charge on any atom is 0.339 e. The van der Waals surface area contributed by atoms with Crippen molar-refractivity contribution in [2.75, 3.05) is 13.7 Å². The summed E-state index contributed by atoms with van der Waals surface area (Å²) in [6.45, 7) is 6.63. The predicted octanol–water partition coefficient (Wildman–Crippen LogP) is 5.38. The van der Waals surface area contributed by atoms with Gasteiger partial charge in [-0.05, 0) is 90.6 Å². The number of nitrogens with zero attached hydrogens (tertiary/aromatic N) is 1. The molecular formula is C29H32FNO4. The Morgan fingerprint density at radius 3 is 2.69 bits per heavy atom. The maximum absolute atomic E-state index is 14.6. The molecule has 1 aromatic carbocycles. The quantitative estimate of drug-likeness (QED) is 0.557. The lowest BCUT2D eigenvalue weighted by atomic mass is 9.79. The third-order valence-corrected chi connectivity index (χ3v) is 7.69. The lowest BCUT2D eigenvalue weighted by Crippen LogP contribution is -2.27. The highest BCUT2D eigenvalue weighted by molar-refractivity contribution is 5.93. The minimum absolute atomic E-state index is 0.0844. The average Bonchev–Trinajstić information content (AvgIpc) is 3.12. The summed E-state index contributed by atoms with van der Waals surface area (Å²) in [7, 11) is 1.47. The van der Waals surface area contributed by atoms with Gasteiger partial charge in [0.1, 0.15) is 5.82 Å². The zero-order valence-corrected chi connectivity index (χ0v) is 20.9. The molecule has 0 saturated carbocycles. The molecule has 0 N–H and O–H groups in total. The highest BCUT2D eigenvalue weighted by Gasteiger charge is 2.35. The van der Waals surface area contributed by atoms with Crippen LogP contribution in [0.25, 0.3) is 11.1 Å². The number of hydrogen-bond donors (Lipinski definition) is 0. The third-order valence-electron chi connectivity index (χ3n) is 7.69. The van der Waals surface area contributed by atoms with E-state index in [0.29, 0.717) is 24.1 Å². The van der Waals surface area contributed by atoms with E-state index in [1.54, 1.807) is 6.07 Å². The SMILES string of the molecule is CCCC=C1/C(=C2/CCCc3c(C)c(F)cc(C)c32)Cn2c1cc1c(c2=O)CCOC(=O)C1OC. The van der Waals surface area contributed by atoms with E-state index in [2.05, 4.69) is 13.0 Å². The molecule has 3 heterocycles. The smallest absolute Gasteiger partial charge is 0.339 e. The molecule has 6 heteroatoms. The Labute approximate surface area is 205 Å². The van der Waals surface area contributed by atoms with E-state index >= 15 is 0 Å². The van der Waals surface area contributed by atoms with Gasteiger partial charge in [-0.2, -0.15) is 0 Å². The van der Waals surface area contributed by atoms with Crippen molar-refractivity contribution in [2.45, 2.75) is 71.9 Å². The lowest BCUT2D eigenvalue weighted by molar-refractivity contribution is -0.154. The Kier molecular flexibility index (Phi) is 6.26. The second kappa shape index (κ2) is 9.23. The summed E-state index contributed by atoms with van der Waals surface area (Å²) < 4.78 is 27.2. The zero-order valence-electron chi connectivity index (χ0n) is 20.9. The van der Waals surface area contributed by atoms with Gasteiger partial charge in [-0.3, -0.25) is 4.79 Å². The first kappa shape index (κ1) is 23.7. The van der Waals surface area contributed by atoms with Gasteiger partial charge < -0.3 is 14.0 Å². The molecule has 5 nitrogen and oxygen atoms in total. The number of aryl methyl sites for hydroxylation is 1. The Bertz CT molecular complexity index is 1350. The predicted molar refractivity (Wildman–Crippen MR) is 134 cm³/mol. The van der Waals surface area contributed by atoms with Crippen molar-refractivity contribution >= 4 is 17.1 Å². The number of esters is 1. The maximum atomic E-state index is 14.6. The summed E-state index contributed by atoms with van der Waals surface area (Å²) in [5.74, 6) is -0.609. The van der Waals surface area contributed by atoms with E-state index in [4.69, 9.17) is 9.47 Å². The summed E-state index contributed by atoms with van der Waals surface area (Å²) in [4.78, 5) is 26.2. The number of halogens is 1. The van der Waals surface area contributed by atoms with Crippen LogP contribution in [0.4, 0.5) is 4.39 Å². The van der Waals surface area contributed by atoms with E-state index < -0.39 is 12.1 Å². The number of unbranched alkanes of at least 4 members (excludes halogenated alkanes) is 1. The summed E-state index contributed by atoms with van der Waals surface area (Å²) >= 11 is 0. The number of aromatic nitrogens is 1. The largest absolute Gasteiger partial charge is 0.463 e. The van der Waals surface area contributed by atoms with Crippen LogP contribution in [0.5, 0.6) is 0 Å². The standard InChI is InChI=1S/C29H32FNO4/c1-5-6-8-19-23(20-10-7-9-18-17(3)24(30)13-16(2)26(18)20)15-31-25(19)14-22-21(28(31)32)11-12-35-29(33)27(22)34-4/h8,13-14,27H,5-7,9-12,15H2,1-4H3/b19-8?,23-20-. The van der Waals surface area contributed by atoms with Crippen LogP contribution in [0.1, 0.15) is 77.8 Å². The monoisotopic (exact) mass is 477 g/mol. The van der Waals surface area contributed by atoms with Gasteiger partial charge in [0.25, 0.3) is 5.56 Å². The van der Waals surface area contributed by atoms with E-state index in [-0.39, 0.29) is 18.0 Å². The van der Waals surface area contributed by atoms with E-state index in [9.17, 15) is 14.0 Å². The van der Waals surface area contributed by atoms with Gasteiger partial charge in [-0.1, -0.05) is 19.4 Å². The topological polar surface area (TPSA) is 57.5 Å². The molecule has 35 heavy (non-hydrogen) atoms. The van der Waals surface area contributed by atoms with Crippen molar-refractivity contribution in [2.24, 2.45) is 0 Å². The van der Waals surface area contributed by atoms with Gasteiger partial charge in [0.15, 0.2) is 6.10 Å². The Morgan fingerprint density at radius 1 is 1.14 bits per heavy atom. The second-order valence-corrected chi connectivity index (χ2v) is 9.76. The molecule has 0 saturated heterocycles. The number of ether oxygens (including phenoxy) is 2. The summed E-state index contributed by atoms with van der Waals surface area (Å²) in [6, 6.07) is 3.60. The normalized spacial score (nSPS) is 22.5. The molecule has 1 aromatic heterocycles. The van der Waals surface area contributed by atoms with Crippen LogP contribution in [0.3, 0.4) is 0 Å². The number of pyridine rings is 1. The van der Waals surface area contributed by atoms with Crippen LogP contribution < -0.4 is 5.56 Å². The van der Waals surface area contributed by atoms with Gasteiger partial charge in [0, 0.05) is 24.7 Å². The Morgan fingerprint density at radius 2 is 1.94 bits per heavy atom. The number of fused-ring (bicyclic) bond motifs is 3. The molecule has 1 unspecified atom stereocenters. The number of allylic oxidation sites excluding steroid dienone is 4. The van der Waals surface area contributed by atoms with Gasteiger partial charge in [0.05, 0.1) is 18.8 Å². The molecule has 0 radical (unpaired) electrons. The summed E-state index contributed by atoms with van der Waals surface area (Å²) in [5, 5.41) is 0. The van der Waals surface area contributed by atoms with Crippen molar-refractivity contribution in [1.82, 2.24) is 4.57 Å². The van der Waals surface area contributed by atoms with Gasteiger partial charge in [0.2, 0.25) is 0 Å². The van der Waals surface area contributed by atoms with Crippen LogP contribution in [0, 0.1) is 19.7 Å². The number of rotatable bonds is 3. The van der Waals surface area contributed by atoms with Gasteiger partial charge in [-0.15, -0.1) is 0 Å². The second-order valence-electron chi connectivity index (χ2n) is 9.76. The lowest BCUT2D eigenvalue weighted by Gasteiger charge is -2.26. The Hall–Kier alpha value is -2.99. The van der Waals surface area contributed by atoms with Crippen LogP contribution >= 0.6 is 0 Å². The highest BCUT2D eigenvalue weighted by atomic mass is 19.1. The van der Waals surface area contributed by atoms with Crippen LogP contribution in [0.15, 0.2) is 28.6 Å². The third kappa shape index (κ3) is 3.79. The number of carbonyl (C=O) groups is 1. The zero-order chi connectivity index (χ0) is 24.9. The molecule has 2 aromatic rings. The first-order valence-electron chi connectivity index (χ1n) is 12.5. The fourth-order valence-electron chi connectivity index (χ4n) is 5.97. The molecule has 0 amide bonds. The number of methoxy groups -OCH3 is 1. The summed E-state index contributed by atoms with van der Waals surface area (Å²) in [6.07, 6.45) is 6.25. The number of carbonyl (C=O) groups excluding carboxylic acids is 1. The van der Waals surface area contributed by atoms with E-state index in [0.717, 1.165) is 71.2 Å². The summed E-state index contributed by atoms with van der Waals surface area (Å²) in [5.41, 5.74) is 9.25. The molecule has 0 bridgehead atoms. The molecule has 3 aliphatic rings. The first-order valence-corrected chi connectivity index (χ1v) is 12.5. The number of hydrogen-bond acceptors (Lipinski definition) is 4. The molecule has 0 spiro atoms. The van der Waals surface area contributed by atoms with Crippen molar-refractivity contribution in [3.63, 3.8) is 0 Å². The fraction of sp³-hybridized carbons (Fsp3) is 0.448. The van der Waals surface area contributed by atoms with Gasteiger partial charge in [-0.25, -0.2) is 9.18 Å². The molecule has 184 valence electrons. The molecule has 0 fully saturated rings. The molecule has 1 atom stereocenters. The Balaban J connectivity index is 1.76. The van der Waals surface area contributed by atoms with Crippen molar-refractivity contribution < 1.29 is 18.7 Å². The number of cyclic esters (lactones) is 1. The van der Waals surface area contributed by atoms with Crippen LogP contribution in [-0.2, 0) is 33.7 Å². The average molecular weight is 478 g/mol. The van der Waals surface area contributed by atoms with Crippen LogP contribution in [-0.4, -0.2) is 24.3 Å². The molecule has 2 aliphatic heterocycles. The van der Waals surface area contributed by atoms with Crippen LogP contribution in [0.2, 0.25) is 0 Å².